The summed E-state index contributed by atoms with van der Waals surface area (Å²) in [6.07, 6.45) is 0.0559. The van der Waals surface area contributed by atoms with E-state index in [-0.39, 0.29) is 6.42 Å². The third-order valence-electron chi connectivity index (χ3n) is 2.32. The number of aliphatic carboxylic acids is 1. The zero-order valence-corrected chi connectivity index (χ0v) is 9.36. The molecule has 1 aromatic heterocycles. The highest BCUT2D eigenvalue weighted by Crippen LogP contribution is 2.20. The summed E-state index contributed by atoms with van der Waals surface area (Å²) >= 11 is 0. The van der Waals surface area contributed by atoms with Gasteiger partial charge >= 0.3 is 5.97 Å². The smallest absolute Gasteiger partial charge is 0.305 e. The van der Waals surface area contributed by atoms with E-state index in [9.17, 15) is 4.79 Å². The van der Waals surface area contributed by atoms with Gasteiger partial charge in [0.2, 0.25) is 5.95 Å². The summed E-state index contributed by atoms with van der Waals surface area (Å²) in [4.78, 5) is 17.7. The SMILES string of the molecule is COc1ccc2nc(NCCC(=O)O)[nH]c2c1. The van der Waals surface area contributed by atoms with Crippen LogP contribution in [0.15, 0.2) is 18.2 Å². The van der Waals surface area contributed by atoms with E-state index in [0.29, 0.717) is 12.5 Å². The molecule has 3 N–H and O–H groups in total. The number of benzene rings is 1. The molecule has 1 heterocycles. The fourth-order valence-corrected chi connectivity index (χ4v) is 1.49. The van der Waals surface area contributed by atoms with E-state index in [1.54, 1.807) is 7.11 Å². The van der Waals surface area contributed by atoms with Gasteiger partial charge < -0.3 is 20.1 Å². The summed E-state index contributed by atoms with van der Waals surface area (Å²) < 4.78 is 5.10. The molecule has 0 aliphatic rings. The van der Waals surface area contributed by atoms with Gasteiger partial charge in [0, 0.05) is 12.6 Å². The molecule has 1 aromatic carbocycles. The van der Waals surface area contributed by atoms with E-state index in [4.69, 9.17) is 9.84 Å². The molecule has 0 saturated carbocycles. The molecule has 6 heteroatoms. The first kappa shape index (κ1) is 11.3. The van der Waals surface area contributed by atoms with Crippen LogP contribution in [-0.2, 0) is 4.79 Å². The molecule has 0 aliphatic heterocycles. The zero-order valence-electron chi connectivity index (χ0n) is 9.36. The number of imidazole rings is 1. The topological polar surface area (TPSA) is 87.2 Å². The van der Waals surface area contributed by atoms with Gasteiger partial charge in [-0.05, 0) is 12.1 Å². The van der Waals surface area contributed by atoms with Crippen molar-refractivity contribution in [2.45, 2.75) is 6.42 Å². The number of ether oxygens (including phenoxy) is 1. The molecule has 2 aromatic rings. The number of fused-ring (bicyclic) bond motifs is 1. The van der Waals surface area contributed by atoms with E-state index >= 15 is 0 Å². The number of nitrogens with zero attached hydrogens (tertiary/aromatic N) is 1. The van der Waals surface area contributed by atoms with Gasteiger partial charge in [0.25, 0.3) is 0 Å². The Balaban J connectivity index is 2.11. The van der Waals surface area contributed by atoms with Crippen molar-refractivity contribution in [3.05, 3.63) is 18.2 Å². The Bertz CT molecular complexity index is 536. The van der Waals surface area contributed by atoms with E-state index in [1.165, 1.54) is 0 Å². The van der Waals surface area contributed by atoms with Gasteiger partial charge in [-0.15, -0.1) is 0 Å². The van der Waals surface area contributed by atoms with E-state index < -0.39 is 5.97 Å². The Labute approximate surface area is 97.6 Å². The van der Waals surface area contributed by atoms with Crippen LogP contribution < -0.4 is 10.1 Å². The number of anilines is 1. The summed E-state index contributed by atoms with van der Waals surface area (Å²) in [5, 5.41) is 11.4. The molecule has 0 fully saturated rings. The second-order valence-electron chi connectivity index (χ2n) is 3.54. The van der Waals surface area contributed by atoms with Crippen molar-refractivity contribution in [2.75, 3.05) is 19.0 Å². The highest BCUT2D eigenvalue weighted by atomic mass is 16.5. The fraction of sp³-hybridized carbons (Fsp3) is 0.273. The van der Waals surface area contributed by atoms with Crippen LogP contribution in [0.1, 0.15) is 6.42 Å². The normalized spacial score (nSPS) is 10.4. The summed E-state index contributed by atoms with van der Waals surface area (Å²) in [5.74, 6) is 0.475. The molecular weight excluding hydrogens is 222 g/mol. The standard InChI is InChI=1S/C11H13N3O3/c1-17-7-2-3-8-9(6-7)14-11(13-8)12-5-4-10(15)16/h2-3,6H,4-5H2,1H3,(H,15,16)(H2,12,13,14). The van der Waals surface area contributed by atoms with E-state index in [2.05, 4.69) is 15.3 Å². The molecular formula is C11H13N3O3. The van der Waals surface area contributed by atoms with E-state index in [0.717, 1.165) is 16.8 Å². The number of rotatable bonds is 5. The monoisotopic (exact) mass is 235 g/mol. The lowest BCUT2D eigenvalue weighted by atomic mass is 10.3. The van der Waals surface area contributed by atoms with Crippen LogP contribution in [0.25, 0.3) is 11.0 Å². The lowest BCUT2D eigenvalue weighted by molar-refractivity contribution is -0.136. The van der Waals surface area contributed by atoms with Crippen LogP contribution in [0, 0.1) is 0 Å². The first-order valence-electron chi connectivity index (χ1n) is 5.18. The Kier molecular flexibility index (Phi) is 3.13. The number of aromatic nitrogens is 2. The highest BCUT2D eigenvalue weighted by molar-refractivity contribution is 5.79. The Hall–Kier alpha value is -2.24. The van der Waals surface area contributed by atoms with Gasteiger partial charge in [0.15, 0.2) is 0 Å². The average Bonchev–Trinajstić information content (AvgIpc) is 2.69. The number of nitrogens with one attached hydrogen (secondary N) is 2. The van der Waals surface area contributed by atoms with Crippen LogP contribution in [0.5, 0.6) is 5.75 Å². The lowest BCUT2D eigenvalue weighted by Gasteiger charge is -1.98. The number of carboxylic acids is 1. The quantitative estimate of drug-likeness (QED) is 0.730. The number of methoxy groups -OCH3 is 1. The maximum absolute atomic E-state index is 10.4. The molecule has 0 aliphatic carbocycles. The number of hydrogen-bond donors (Lipinski definition) is 3. The average molecular weight is 235 g/mol. The predicted molar refractivity (Wildman–Crippen MR) is 63.4 cm³/mol. The minimum Gasteiger partial charge on any atom is -0.497 e. The van der Waals surface area contributed by atoms with Crippen molar-refractivity contribution in [1.82, 2.24) is 9.97 Å². The third kappa shape index (κ3) is 2.66. The summed E-state index contributed by atoms with van der Waals surface area (Å²) in [6.45, 7) is 0.340. The Morgan fingerprint density at radius 3 is 3.12 bits per heavy atom. The Morgan fingerprint density at radius 2 is 2.41 bits per heavy atom. The van der Waals surface area contributed by atoms with Crippen LogP contribution >= 0.6 is 0 Å². The summed E-state index contributed by atoms with van der Waals surface area (Å²) in [6, 6.07) is 5.50. The molecule has 0 bridgehead atoms. The molecule has 0 amide bonds. The second-order valence-corrected chi connectivity index (χ2v) is 3.54. The summed E-state index contributed by atoms with van der Waals surface area (Å²) in [7, 11) is 1.60. The van der Waals surface area contributed by atoms with Gasteiger partial charge in [0.1, 0.15) is 5.75 Å². The van der Waals surface area contributed by atoms with E-state index in [1.807, 2.05) is 18.2 Å². The maximum Gasteiger partial charge on any atom is 0.305 e. The fourth-order valence-electron chi connectivity index (χ4n) is 1.49. The van der Waals surface area contributed by atoms with Crippen molar-refractivity contribution >= 4 is 23.0 Å². The lowest BCUT2D eigenvalue weighted by Crippen LogP contribution is -2.08. The zero-order chi connectivity index (χ0) is 12.3. The van der Waals surface area contributed by atoms with Crippen LogP contribution in [0.4, 0.5) is 5.95 Å². The molecule has 0 spiro atoms. The molecule has 6 nitrogen and oxygen atoms in total. The largest absolute Gasteiger partial charge is 0.497 e. The van der Waals surface area contributed by atoms with Crippen molar-refractivity contribution in [3.8, 4) is 5.75 Å². The molecule has 0 unspecified atom stereocenters. The molecule has 0 atom stereocenters. The number of carbonyl (C=O) groups is 1. The number of aromatic amines is 1. The van der Waals surface area contributed by atoms with Gasteiger partial charge in [-0.25, -0.2) is 4.98 Å². The molecule has 0 radical (unpaired) electrons. The van der Waals surface area contributed by atoms with Crippen molar-refractivity contribution in [1.29, 1.82) is 0 Å². The third-order valence-corrected chi connectivity index (χ3v) is 2.32. The molecule has 2 rings (SSSR count). The number of hydrogen-bond acceptors (Lipinski definition) is 4. The minimum atomic E-state index is -0.838. The maximum atomic E-state index is 10.4. The van der Waals surface area contributed by atoms with Crippen molar-refractivity contribution in [2.24, 2.45) is 0 Å². The Morgan fingerprint density at radius 1 is 1.59 bits per heavy atom. The van der Waals surface area contributed by atoms with Gasteiger partial charge in [-0.2, -0.15) is 0 Å². The van der Waals surface area contributed by atoms with Crippen LogP contribution in [-0.4, -0.2) is 34.7 Å². The highest BCUT2D eigenvalue weighted by Gasteiger charge is 2.04. The van der Waals surface area contributed by atoms with Gasteiger partial charge in [-0.1, -0.05) is 0 Å². The molecule has 0 saturated heterocycles. The van der Waals surface area contributed by atoms with Gasteiger partial charge in [0.05, 0.1) is 24.6 Å². The number of carboxylic acid groups (broad SMARTS) is 1. The minimum absolute atomic E-state index is 0.0559. The summed E-state index contributed by atoms with van der Waals surface area (Å²) in [5.41, 5.74) is 1.66. The van der Waals surface area contributed by atoms with Crippen molar-refractivity contribution in [3.63, 3.8) is 0 Å². The van der Waals surface area contributed by atoms with Crippen molar-refractivity contribution < 1.29 is 14.6 Å². The molecule has 90 valence electrons. The first-order chi connectivity index (χ1) is 8.19. The predicted octanol–water partition coefficient (Wildman–Crippen LogP) is 1.46. The first-order valence-corrected chi connectivity index (χ1v) is 5.18. The van der Waals surface area contributed by atoms with Gasteiger partial charge in [-0.3, -0.25) is 4.79 Å². The second kappa shape index (κ2) is 4.73. The molecule has 17 heavy (non-hydrogen) atoms. The van der Waals surface area contributed by atoms with Crippen LogP contribution in [0.2, 0.25) is 0 Å². The van der Waals surface area contributed by atoms with Crippen LogP contribution in [0.3, 0.4) is 0 Å². The number of H-pyrrole nitrogens is 1.